The predicted octanol–water partition coefficient (Wildman–Crippen LogP) is 4.70. The number of aryl methyl sites for hydroxylation is 1. The third kappa shape index (κ3) is 5.85. The molecule has 3 rings (SSSR count). The second-order valence-electron chi connectivity index (χ2n) is 6.73. The van der Waals surface area contributed by atoms with Crippen molar-refractivity contribution in [2.45, 2.75) is 13.8 Å². The Morgan fingerprint density at radius 1 is 0.867 bits per heavy atom. The summed E-state index contributed by atoms with van der Waals surface area (Å²) in [5.74, 6) is 0.292. The maximum absolute atomic E-state index is 12.7. The van der Waals surface area contributed by atoms with Gasteiger partial charge in [0, 0.05) is 17.1 Å². The van der Waals surface area contributed by atoms with Crippen molar-refractivity contribution in [1.82, 2.24) is 0 Å². The Bertz CT molecular complexity index is 1020. The molecule has 0 heterocycles. The molecule has 30 heavy (non-hydrogen) atoms. The molecule has 0 saturated carbocycles. The number of nitrogens with one attached hydrogen (secondary N) is 3. The summed E-state index contributed by atoms with van der Waals surface area (Å²) in [4.78, 5) is 25.0. The van der Waals surface area contributed by atoms with Gasteiger partial charge < -0.3 is 20.7 Å². The summed E-state index contributed by atoms with van der Waals surface area (Å²) in [5.41, 5.74) is 3.51. The van der Waals surface area contributed by atoms with Crippen molar-refractivity contribution in [1.29, 1.82) is 0 Å². The molecule has 0 unspecified atom stereocenters. The van der Waals surface area contributed by atoms with Crippen LogP contribution in [0, 0.1) is 6.92 Å². The van der Waals surface area contributed by atoms with E-state index in [-0.39, 0.29) is 18.4 Å². The molecule has 0 aliphatic heterocycles. The fraction of sp³-hybridized carbons (Fsp3) is 0.167. The Balaban J connectivity index is 1.62. The van der Waals surface area contributed by atoms with Gasteiger partial charge in [-0.1, -0.05) is 24.3 Å². The van der Waals surface area contributed by atoms with Crippen LogP contribution in [-0.4, -0.2) is 25.0 Å². The summed E-state index contributed by atoms with van der Waals surface area (Å²) in [6.07, 6.45) is 0. The average Bonchev–Trinajstić information content (AvgIpc) is 2.74. The first-order valence-electron chi connectivity index (χ1n) is 9.79. The highest BCUT2D eigenvalue weighted by Crippen LogP contribution is 2.20. The van der Waals surface area contributed by atoms with E-state index in [4.69, 9.17) is 4.74 Å². The van der Waals surface area contributed by atoms with Crippen LogP contribution in [0.25, 0.3) is 0 Å². The molecule has 2 amide bonds. The van der Waals surface area contributed by atoms with Crippen molar-refractivity contribution in [3.8, 4) is 5.75 Å². The van der Waals surface area contributed by atoms with Crippen LogP contribution in [-0.2, 0) is 4.79 Å². The number of carbonyl (C=O) groups excluding carboxylic acids is 2. The number of hydrogen-bond donors (Lipinski definition) is 3. The highest BCUT2D eigenvalue weighted by atomic mass is 16.5. The number of hydrogen-bond acceptors (Lipinski definition) is 4. The van der Waals surface area contributed by atoms with Gasteiger partial charge in [-0.2, -0.15) is 0 Å². The molecule has 3 aromatic carbocycles. The average molecular weight is 403 g/mol. The number of benzene rings is 3. The molecule has 3 aromatic rings. The maximum atomic E-state index is 12.7. The number of para-hydroxylation sites is 1. The third-order valence-corrected chi connectivity index (χ3v) is 4.34. The van der Waals surface area contributed by atoms with E-state index < -0.39 is 0 Å². The lowest BCUT2D eigenvalue weighted by atomic mass is 10.1. The summed E-state index contributed by atoms with van der Waals surface area (Å²) >= 11 is 0. The van der Waals surface area contributed by atoms with Crippen molar-refractivity contribution in [3.05, 3.63) is 83.9 Å². The molecular formula is C24H25N3O3. The first-order chi connectivity index (χ1) is 14.5. The number of amides is 2. The van der Waals surface area contributed by atoms with Gasteiger partial charge in [0.1, 0.15) is 5.75 Å². The van der Waals surface area contributed by atoms with Crippen molar-refractivity contribution in [2.24, 2.45) is 0 Å². The zero-order valence-electron chi connectivity index (χ0n) is 17.1. The van der Waals surface area contributed by atoms with E-state index in [1.54, 1.807) is 42.5 Å². The van der Waals surface area contributed by atoms with Gasteiger partial charge in [-0.3, -0.25) is 9.59 Å². The minimum absolute atomic E-state index is 0.0429. The molecule has 6 nitrogen and oxygen atoms in total. The van der Waals surface area contributed by atoms with E-state index in [0.717, 1.165) is 17.0 Å². The number of anilines is 3. The third-order valence-electron chi connectivity index (χ3n) is 4.34. The molecule has 0 bridgehead atoms. The van der Waals surface area contributed by atoms with Gasteiger partial charge >= 0.3 is 0 Å². The highest BCUT2D eigenvalue weighted by Gasteiger charge is 2.12. The zero-order valence-corrected chi connectivity index (χ0v) is 17.1. The molecule has 0 aromatic heterocycles. The van der Waals surface area contributed by atoms with E-state index in [0.29, 0.717) is 23.5 Å². The monoisotopic (exact) mass is 403 g/mol. The molecule has 0 atom stereocenters. The fourth-order valence-electron chi connectivity index (χ4n) is 2.94. The summed E-state index contributed by atoms with van der Waals surface area (Å²) in [5, 5.41) is 8.76. The first-order valence-corrected chi connectivity index (χ1v) is 9.79. The Morgan fingerprint density at radius 3 is 2.37 bits per heavy atom. The van der Waals surface area contributed by atoms with Crippen molar-refractivity contribution >= 4 is 28.9 Å². The lowest BCUT2D eigenvalue weighted by molar-refractivity contribution is -0.114. The predicted molar refractivity (Wildman–Crippen MR) is 120 cm³/mol. The van der Waals surface area contributed by atoms with Crippen molar-refractivity contribution in [2.75, 3.05) is 29.1 Å². The SMILES string of the molecule is CCOc1ccc(NC(=O)c2ccccc2NCC(=O)Nc2cccc(C)c2)cc1. The second-order valence-corrected chi connectivity index (χ2v) is 6.73. The Morgan fingerprint density at radius 2 is 1.63 bits per heavy atom. The van der Waals surface area contributed by atoms with Crippen LogP contribution < -0.4 is 20.7 Å². The van der Waals surface area contributed by atoms with Gasteiger partial charge in [0.2, 0.25) is 5.91 Å². The molecule has 0 spiro atoms. The first kappa shape index (κ1) is 20.9. The number of carbonyl (C=O) groups is 2. The minimum Gasteiger partial charge on any atom is -0.494 e. The van der Waals surface area contributed by atoms with Gasteiger partial charge in [0.05, 0.1) is 18.7 Å². The van der Waals surface area contributed by atoms with Crippen LogP contribution >= 0.6 is 0 Å². The van der Waals surface area contributed by atoms with Gasteiger partial charge in [-0.15, -0.1) is 0 Å². The molecule has 154 valence electrons. The molecule has 0 radical (unpaired) electrons. The van der Waals surface area contributed by atoms with Crippen molar-refractivity contribution < 1.29 is 14.3 Å². The van der Waals surface area contributed by atoms with E-state index in [2.05, 4.69) is 16.0 Å². The van der Waals surface area contributed by atoms with E-state index in [1.165, 1.54) is 0 Å². The minimum atomic E-state index is -0.263. The number of rotatable bonds is 8. The molecule has 6 heteroatoms. The summed E-state index contributed by atoms with van der Waals surface area (Å²) < 4.78 is 5.41. The normalized spacial score (nSPS) is 10.2. The van der Waals surface area contributed by atoms with Crippen LogP contribution in [0.1, 0.15) is 22.8 Å². The molecule has 0 aliphatic rings. The van der Waals surface area contributed by atoms with Gasteiger partial charge in [0.25, 0.3) is 5.91 Å². The lowest BCUT2D eigenvalue weighted by Crippen LogP contribution is -2.23. The van der Waals surface area contributed by atoms with E-state index in [1.807, 2.05) is 44.2 Å². The molecule has 3 N–H and O–H groups in total. The van der Waals surface area contributed by atoms with Gasteiger partial charge in [-0.05, 0) is 67.9 Å². The van der Waals surface area contributed by atoms with Crippen LogP contribution in [0.5, 0.6) is 5.75 Å². The molecule has 0 saturated heterocycles. The van der Waals surface area contributed by atoms with Crippen LogP contribution in [0.4, 0.5) is 17.1 Å². The van der Waals surface area contributed by atoms with Crippen LogP contribution in [0.2, 0.25) is 0 Å². The summed E-state index contributed by atoms with van der Waals surface area (Å²) in [6.45, 7) is 4.51. The topological polar surface area (TPSA) is 79.5 Å². The summed E-state index contributed by atoms with van der Waals surface area (Å²) in [7, 11) is 0. The Kier molecular flexibility index (Phi) is 7.05. The smallest absolute Gasteiger partial charge is 0.257 e. The molecule has 0 fully saturated rings. The van der Waals surface area contributed by atoms with E-state index in [9.17, 15) is 9.59 Å². The Labute approximate surface area is 176 Å². The van der Waals surface area contributed by atoms with E-state index >= 15 is 0 Å². The fourth-order valence-corrected chi connectivity index (χ4v) is 2.94. The standard InChI is InChI=1S/C24H25N3O3/c1-3-30-20-13-11-18(12-14-20)27-24(29)21-9-4-5-10-22(21)25-16-23(28)26-19-8-6-7-17(2)15-19/h4-15,25H,3,16H2,1-2H3,(H,26,28)(H,27,29). The summed E-state index contributed by atoms with van der Waals surface area (Å²) in [6, 6.07) is 21.9. The van der Waals surface area contributed by atoms with Gasteiger partial charge in [-0.25, -0.2) is 0 Å². The molecule has 0 aliphatic carbocycles. The lowest BCUT2D eigenvalue weighted by Gasteiger charge is -2.13. The highest BCUT2D eigenvalue weighted by molar-refractivity contribution is 6.08. The second kappa shape index (κ2) is 10.1. The maximum Gasteiger partial charge on any atom is 0.257 e. The van der Waals surface area contributed by atoms with Crippen molar-refractivity contribution in [3.63, 3.8) is 0 Å². The Hall–Kier alpha value is -3.80. The van der Waals surface area contributed by atoms with Gasteiger partial charge in [0.15, 0.2) is 0 Å². The number of ether oxygens (including phenoxy) is 1. The quantitative estimate of drug-likeness (QED) is 0.509. The van der Waals surface area contributed by atoms with Crippen LogP contribution in [0.3, 0.4) is 0 Å². The molecular weight excluding hydrogens is 378 g/mol. The largest absolute Gasteiger partial charge is 0.494 e. The zero-order chi connectivity index (χ0) is 21.3. The van der Waals surface area contributed by atoms with Crippen LogP contribution in [0.15, 0.2) is 72.8 Å².